The number of hydrogen-bond donors (Lipinski definition) is 1. The second-order valence-electron chi connectivity index (χ2n) is 6.87. The molecule has 142 valence electrons. The molecule has 6 nitrogen and oxygen atoms in total. The lowest BCUT2D eigenvalue weighted by Crippen LogP contribution is -2.31. The second-order valence-corrected chi connectivity index (χ2v) is 6.87. The summed E-state index contributed by atoms with van der Waals surface area (Å²) < 4.78 is 5.24. The van der Waals surface area contributed by atoms with E-state index in [1.807, 2.05) is 48.5 Å². The normalized spacial score (nSPS) is 13.1. The maximum absolute atomic E-state index is 12.8. The first kappa shape index (κ1) is 18.0. The summed E-state index contributed by atoms with van der Waals surface area (Å²) in [6.45, 7) is 1.54. The Hall–Kier alpha value is -3.41. The fourth-order valence-corrected chi connectivity index (χ4v) is 3.50. The zero-order valence-corrected chi connectivity index (χ0v) is 15.8. The quantitative estimate of drug-likeness (QED) is 0.691. The molecular formula is C22H22N4O2. The van der Waals surface area contributed by atoms with Gasteiger partial charge in [0.15, 0.2) is 5.78 Å². The van der Waals surface area contributed by atoms with Crippen molar-refractivity contribution in [2.75, 3.05) is 24.3 Å². The van der Waals surface area contributed by atoms with E-state index in [-0.39, 0.29) is 5.78 Å². The number of Topliss-reactive ketones (excluding diaryl/α,β-unsaturated/α-hetero) is 1. The number of carbonyl (C=O) groups is 1. The molecule has 0 saturated carbocycles. The third-order valence-electron chi connectivity index (χ3n) is 4.98. The molecule has 3 aromatic rings. The summed E-state index contributed by atoms with van der Waals surface area (Å²) in [5.74, 6) is 1.16. The van der Waals surface area contributed by atoms with Gasteiger partial charge in [0, 0.05) is 48.9 Å². The monoisotopic (exact) mass is 374 g/mol. The van der Waals surface area contributed by atoms with E-state index in [1.54, 1.807) is 13.3 Å². The van der Waals surface area contributed by atoms with Crippen molar-refractivity contribution in [3.8, 4) is 5.75 Å². The lowest BCUT2D eigenvalue weighted by atomic mass is 10.0. The van der Waals surface area contributed by atoms with Gasteiger partial charge in [0.05, 0.1) is 12.8 Å². The second kappa shape index (κ2) is 7.68. The van der Waals surface area contributed by atoms with Crippen molar-refractivity contribution < 1.29 is 9.53 Å². The van der Waals surface area contributed by atoms with Gasteiger partial charge < -0.3 is 15.4 Å². The summed E-state index contributed by atoms with van der Waals surface area (Å²) in [7, 11) is 1.63. The first-order chi connectivity index (χ1) is 13.6. The van der Waals surface area contributed by atoms with Gasteiger partial charge in [-0.2, -0.15) is 0 Å². The number of ether oxygens (including phenoxy) is 1. The Kier molecular flexibility index (Phi) is 4.93. The summed E-state index contributed by atoms with van der Waals surface area (Å²) in [4.78, 5) is 23.5. The molecule has 0 spiro atoms. The molecule has 0 unspecified atom stereocenters. The zero-order chi connectivity index (χ0) is 19.5. The largest absolute Gasteiger partial charge is 0.497 e. The number of benzene rings is 2. The Morgan fingerprint density at radius 2 is 2.07 bits per heavy atom. The Morgan fingerprint density at radius 1 is 1.21 bits per heavy atom. The Balaban J connectivity index is 1.51. The van der Waals surface area contributed by atoms with Gasteiger partial charge in [0.25, 0.3) is 0 Å². The van der Waals surface area contributed by atoms with Crippen LogP contribution in [0, 0.1) is 0 Å². The van der Waals surface area contributed by atoms with Crippen LogP contribution in [0.25, 0.3) is 0 Å². The average molecular weight is 374 g/mol. The SMILES string of the molecule is COc1cccc(CC(=O)c2cccc(N3CCc4nc(N)ncc4C3)c2)c1. The molecule has 1 aliphatic rings. The summed E-state index contributed by atoms with van der Waals surface area (Å²) in [6.07, 6.45) is 2.95. The number of methoxy groups -OCH3 is 1. The number of nitrogens with zero attached hydrogens (tertiary/aromatic N) is 3. The van der Waals surface area contributed by atoms with Gasteiger partial charge >= 0.3 is 0 Å². The Labute approximate surface area is 164 Å². The predicted molar refractivity (Wildman–Crippen MR) is 109 cm³/mol. The topological polar surface area (TPSA) is 81.3 Å². The molecule has 2 aromatic carbocycles. The molecule has 4 rings (SSSR count). The summed E-state index contributed by atoms with van der Waals surface area (Å²) in [5.41, 5.74) is 10.4. The van der Waals surface area contributed by atoms with Crippen LogP contribution in [0.3, 0.4) is 0 Å². The van der Waals surface area contributed by atoms with Crippen molar-refractivity contribution in [3.05, 3.63) is 77.1 Å². The molecule has 0 amide bonds. The van der Waals surface area contributed by atoms with Gasteiger partial charge in [-0.1, -0.05) is 24.3 Å². The number of fused-ring (bicyclic) bond motifs is 1. The molecule has 6 heteroatoms. The summed E-state index contributed by atoms with van der Waals surface area (Å²) in [5, 5.41) is 0. The van der Waals surface area contributed by atoms with Crippen molar-refractivity contribution in [2.45, 2.75) is 19.4 Å². The molecule has 1 aromatic heterocycles. The fourth-order valence-electron chi connectivity index (χ4n) is 3.50. The summed E-state index contributed by atoms with van der Waals surface area (Å²) in [6, 6.07) is 15.4. The van der Waals surface area contributed by atoms with Crippen LogP contribution < -0.4 is 15.4 Å². The first-order valence-electron chi connectivity index (χ1n) is 9.24. The van der Waals surface area contributed by atoms with Crippen LogP contribution >= 0.6 is 0 Å². The lowest BCUT2D eigenvalue weighted by Gasteiger charge is -2.30. The standard InChI is InChI=1S/C22H22N4O2/c1-28-19-7-2-4-15(10-19)11-21(27)16-5-3-6-18(12-16)26-9-8-20-17(14-26)13-24-22(23)25-20/h2-7,10,12-13H,8-9,11,14H2,1H3,(H2,23,24,25). The van der Waals surface area contributed by atoms with Crippen LogP contribution in [-0.4, -0.2) is 29.4 Å². The molecule has 0 bridgehead atoms. The maximum atomic E-state index is 12.8. The van der Waals surface area contributed by atoms with Crippen molar-refractivity contribution in [1.29, 1.82) is 0 Å². The number of hydrogen-bond acceptors (Lipinski definition) is 6. The van der Waals surface area contributed by atoms with E-state index in [4.69, 9.17) is 10.5 Å². The fraction of sp³-hybridized carbons (Fsp3) is 0.227. The zero-order valence-electron chi connectivity index (χ0n) is 15.8. The van der Waals surface area contributed by atoms with E-state index in [1.165, 1.54) is 0 Å². The van der Waals surface area contributed by atoms with E-state index in [9.17, 15) is 4.79 Å². The predicted octanol–water partition coefficient (Wildman–Crippen LogP) is 3.06. The third-order valence-corrected chi connectivity index (χ3v) is 4.98. The van der Waals surface area contributed by atoms with E-state index in [0.717, 1.165) is 41.2 Å². The number of nitrogen functional groups attached to an aromatic ring is 1. The maximum Gasteiger partial charge on any atom is 0.220 e. The summed E-state index contributed by atoms with van der Waals surface area (Å²) >= 11 is 0. The molecule has 0 fully saturated rings. The number of anilines is 2. The van der Waals surface area contributed by atoms with Gasteiger partial charge in [-0.05, 0) is 29.8 Å². The minimum Gasteiger partial charge on any atom is -0.497 e. The number of aromatic nitrogens is 2. The van der Waals surface area contributed by atoms with E-state index in [0.29, 0.717) is 24.5 Å². The van der Waals surface area contributed by atoms with Crippen LogP contribution in [0.15, 0.2) is 54.7 Å². The first-order valence-corrected chi connectivity index (χ1v) is 9.24. The van der Waals surface area contributed by atoms with Gasteiger partial charge in [-0.3, -0.25) is 4.79 Å². The number of nitrogens with two attached hydrogens (primary N) is 1. The number of carbonyl (C=O) groups excluding carboxylic acids is 1. The van der Waals surface area contributed by atoms with Crippen molar-refractivity contribution in [3.63, 3.8) is 0 Å². The molecule has 28 heavy (non-hydrogen) atoms. The molecule has 2 N–H and O–H groups in total. The van der Waals surface area contributed by atoms with E-state index >= 15 is 0 Å². The average Bonchev–Trinajstić information content (AvgIpc) is 2.73. The Bertz CT molecular complexity index is 1020. The van der Waals surface area contributed by atoms with Crippen LogP contribution in [0.2, 0.25) is 0 Å². The third kappa shape index (κ3) is 3.81. The highest BCUT2D eigenvalue weighted by Gasteiger charge is 2.19. The highest BCUT2D eigenvalue weighted by atomic mass is 16.5. The minimum atomic E-state index is 0.0867. The van der Waals surface area contributed by atoms with Crippen LogP contribution in [0.1, 0.15) is 27.2 Å². The molecule has 0 saturated heterocycles. The smallest absolute Gasteiger partial charge is 0.220 e. The molecule has 0 radical (unpaired) electrons. The van der Waals surface area contributed by atoms with E-state index in [2.05, 4.69) is 14.9 Å². The highest BCUT2D eigenvalue weighted by Crippen LogP contribution is 2.25. The highest BCUT2D eigenvalue weighted by molar-refractivity contribution is 5.98. The number of ketones is 1. The van der Waals surface area contributed by atoms with Crippen LogP contribution in [0.5, 0.6) is 5.75 Å². The molecule has 1 aliphatic heterocycles. The van der Waals surface area contributed by atoms with Crippen molar-refractivity contribution in [2.24, 2.45) is 0 Å². The van der Waals surface area contributed by atoms with Gasteiger partial charge in [0.2, 0.25) is 5.95 Å². The molecule has 0 atom stereocenters. The van der Waals surface area contributed by atoms with Crippen molar-refractivity contribution >= 4 is 17.4 Å². The molecule has 0 aliphatic carbocycles. The van der Waals surface area contributed by atoms with Gasteiger partial charge in [0.1, 0.15) is 5.75 Å². The van der Waals surface area contributed by atoms with Crippen molar-refractivity contribution in [1.82, 2.24) is 9.97 Å². The van der Waals surface area contributed by atoms with Gasteiger partial charge in [-0.25, -0.2) is 9.97 Å². The Morgan fingerprint density at radius 3 is 2.93 bits per heavy atom. The minimum absolute atomic E-state index is 0.0867. The number of rotatable bonds is 5. The van der Waals surface area contributed by atoms with Crippen LogP contribution in [0.4, 0.5) is 11.6 Å². The van der Waals surface area contributed by atoms with Gasteiger partial charge in [-0.15, -0.1) is 0 Å². The van der Waals surface area contributed by atoms with E-state index < -0.39 is 0 Å². The van der Waals surface area contributed by atoms with Crippen LogP contribution in [-0.2, 0) is 19.4 Å². The molecule has 2 heterocycles. The lowest BCUT2D eigenvalue weighted by molar-refractivity contribution is 0.0993. The molecular weight excluding hydrogens is 352 g/mol.